The number of rotatable bonds is 8. The molecule has 1 aromatic carbocycles. The molecule has 3 heteroatoms. The largest absolute Gasteiger partial charge is 0.316 e. The molecule has 0 fully saturated rings. The molecule has 21 heavy (non-hydrogen) atoms. The van der Waals surface area contributed by atoms with E-state index in [0.29, 0.717) is 5.92 Å². The molecular formula is C18H26N2S. The normalized spacial score (nSPS) is 12.5. The second kappa shape index (κ2) is 8.30. The van der Waals surface area contributed by atoms with Gasteiger partial charge in [-0.25, -0.2) is 4.98 Å². The number of thiazole rings is 1. The van der Waals surface area contributed by atoms with Gasteiger partial charge in [0.25, 0.3) is 0 Å². The Hall–Kier alpha value is -1.19. The maximum atomic E-state index is 4.71. The van der Waals surface area contributed by atoms with Crippen molar-refractivity contribution in [1.82, 2.24) is 10.3 Å². The molecule has 1 atom stereocenters. The van der Waals surface area contributed by atoms with Crippen LogP contribution in [0.25, 0.3) is 0 Å². The standard InChI is InChI=1S/C18H26N2S/c1-4-10-19-13-17(11-16-8-6-5-7-9-16)12-18-20-14(2)15(3)21-18/h5-9,17,19H,4,10-13H2,1-3H3. The molecule has 2 aromatic rings. The van der Waals surface area contributed by atoms with E-state index in [1.807, 2.05) is 11.3 Å². The Kier molecular flexibility index (Phi) is 6.40. The molecule has 1 aromatic heterocycles. The minimum Gasteiger partial charge on any atom is -0.316 e. The van der Waals surface area contributed by atoms with Crippen LogP contribution in [0, 0.1) is 19.8 Å². The van der Waals surface area contributed by atoms with Crippen LogP contribution in [-0.2, 0) is 12.8 Å². The van der Waals surface area contributed by atoms with Crippen molar-refractivity contribution in [1.29, 1.82) is 0 Å². The molecule has 0 aliphatic rings. The summed E-state index contributed by atoms with van der Waals surface area (Å²) in [5, 5.41) is 4.86. The summed E-state index contributed by atoms with van der Waals surface area (Å²) in [6.45, 7) is 8.66. The van der Waals surface area contributed by atoms with Gasteiger partial charge in [-0.2, -0.15) is 0 Å². The highest BCUT2D eigenvalue weighted by Crippen LogP contribution is 2.21. The predicted octanol–water partition coefficient (Wildman–Crippen LogP) is 4.16. The summed E-state index contributed by atoms with van der Waals surface area (Å²) in [6.07, 6.45) is 3.38. The van der Waals surface area contributed by atoms with E-state index in [0.717, 1.165) is 25.9 Å². The average Bonchev–Trinajstić information content (AvgIpc) is 2.78. The SMILES string of the molecule is CCCNCC(Cc1ccccc1)Cc1nc(C)c(C)s1. The van der Waals surface area contributed by atoms with Crippen molar-refractivity contribution in [3.63, 3.8) is 0 Å². The van der Waals surface area contributed by atoms with Crippen molar-refractivity contribution in [3.8, 4) is 0 Å². The Morgan fingerprint density at radius 1 is 1.14 bits per heavy atom. The predicted molar refractivity (Wildman–Crippen MR) is 92.1 cm³/mol. The van der Waals surface area contributed by atoms with Crippen molar-refractivity contribution >= 4 is 11.3 Å². The van der Waals surface area contributed by atoms with E-state index in [-0.39, 0.29) is 0 Å². The molecule has 0 spiro atoms. The molecule has 114 valence electrons. The summed E-state index contributed by atoms with van der Waals surface area (Å²) < 4.78 is 0. The van der Waals surface area contributed by atoms with Crippen LogP contribution in [0.15, 0.2) is 30.3 Å². The molecule has 1 unspecified atom stereocenters. The fraction of sp³-hybridized carbons (Fsp3) is 0.500. The van der Waals surface area contributed by atoms with E-state index in [2.05, 4.69) is 56.4 Å². The second-order valence-electron chi connectivity index (χ2n) is 5.71. The Bertz CT molecular complexity index is 514. The number of nitrogens with one attached hydrogen (secondary N) is 1. The van der Waals surface area contributed by atoms with Gasteiger partial charge in [-0.05, 0) is 51.3 Å². The zero-order chi connectivity index (χ0) is 15.1. The highest BCUT2D eigenvalue weighted by molar-refractivity contribution is 7.11. The van der Waals surface area contributed by atoms with Crippen LogP contribution in [0.1, 0.15) is 34.5 Å². The van der Waals surface area contributed by atoms with Gasteiger partial charge in [0.05, 0.1) is 10.7 Å². The fourth-order valence-corrected chi connectivity index (χ4v) is 3.57. The topological polar surface area (TPSA) is 24.9 Å². The lowest BCUT2D eigenvalue weighted by atomic mass is 9.96. The van der Waals surface area contributed by atoms with Crippen LogP contribution >= 0.6 is 11.3 Å². The van der Waals surface area contributed by atoms with Gasteiger partial charge in [0.15, 0.2) is 0 Å². The molecule has 2 rings (SSSR count). The number of hydrogen-bond donors (Lipinski definition) is 1. The third-order valence-electron chi connectivity index (χ3n) is 3.76. The van der Waals surface area contributed by atoms with Gasteiger partial charge < -0.3 is 5.32 Å². The van der Waals surface area contributed by atoms with Gasteiger partial charge in [-0.1, -0.05) is 37.3 Å². The average molecular weight is 302 g/mol. The fourth-order valence-electron chi connectivity index (χ4n) is 2.52. The third kappa shape index (κ3) is 5.25. The summed E-state index contributed by atoms with van der Waals surface area (Å²) in [4.78, 5) is 6.06. The Morgan fingerprint density at radius 2 is 1.90 bits per heavy atom. The van der Waals surface area contributed by atoms with Gasteiger partial charge in [0, 0.05) is 11.3 Å². The van der Waals surface area contributed by atoms with Crippen LogP contribution in [0.2, 0.25) is 0 Å². The van der Waals surface area contributed by atoms with Crippen LogP contribution in [0.5, 0.6) is 0 Å². The summed E-state index contributed by atoms with van der Waals surface area (Å²) in [7, 11) is 0. The Balaban J connectivity index is 2.00. The van der Waals surface area contributed by atoms with E-state index in [1.165, 1.54) is 27.6 Å². The number of aryl methyl sites for hydroxylation is 2. The van der Waals surface area contributed by atoms with Gasteiger partial charge in [-0.15, -0.1) is 11.3 Å². The molecule has 0 bridgehead atoms. The quantitative estimate of drug-likeness (QED) is 0.741. The molecule has 0 amide bonds. The molecule has 0 saturated heterocycles. The smallest absolute Gasteiger partial charge is 0.0934 e. The number of benzene rings is 1. The molecule has 1 heterocycles. The monoisotopic (exact) mass is 302 g/mol. The number of nitrogens with zero attached hydrogens (tertiary/aromatic N) is 1. The highest BCUT2D eigenvalue weighted by Gasteiger charge is 2.14. The van der Waals surface area contributed by atoms with Gasteiger partial charge in [0.2, 0.25) is 0 Å². The number of hydrogen-bond acceptors (Lipinski definition) is 3. The van der Waals surface area contributed by atoms with Crippen LogP contribution in [0.3, 0.4) is 0 Å². The molecule has 1 N–H and O–H groups in total. The van der Waals surface area contributed by atoms with E-state index < -0.39 is 0 Å². The van der Waals surface area contributed by atoms with Crippen LogP contribution in [0.4, 0.5) is 0 Å². The first-order valence-corrected chi connectivity index (χ1v) is 8.68. The van der Waals surface area contributed by atoms with Crippen molar-refractivity contribution in [3.05, 3.63) is 51.5 Å². The lowest BCUT2D eigenvalue weighted by molar-refractivity contribution is 0.470. The molecule has 2 nitrogen and oxygen atoms in total. The maximum absolute atomic E-state index is 4.71. The van der Waals surface area contributed by atoms with Gasteiger partial charge >= 0.3 is 0 Å². The summed E-state index contributed by atoms with van der Waals surface area (Å²) in [5.41, 5.74) is 2.61. The highest BCUT2D eigenvalue weighted by atomic mass is 32.1. The molecule has 0 radical (unpaired) electrons. The zero-order valence-corrected chi connectivity index (χ0v) is 14.2. The van der Waals surface area contributed by atoms with Gasteiger partial charge in [-0.3, -0.25) is 0 Å². The van der Waals surface area contributed by atoms with Crippen molar-refractivity contribution in [2.75, 3.05) is 13.1 Å². The van der Waals surface area contributed by atoms with Crippen molar-refractivity contribution in [2.24, 2.45) is 5.92 Å². The first-order valence-electron chi connectivity index (χ1n) is 7.86. The molecule has 0 saturated carbocycles. The number of aromatic nitrogens is 1. The Morgan fingerprint density at radius 3 is 2.52 bits per heavy atom. The van der Waals surface area contributed by atoms with Crippen molar-refractivity contribution in [2.45, 2.75) is 40.0 Å². The molecule has 0 aliphatic carbocycles. The summed E-state index contributed by atoms with van der Waals surface area (Å²) >= 11 is 1.85. The zero-order valence-electron chi connectivity index (χ0n) is 13.4. The van der Waals surface area contributed by atoms with E-state index in [9.17, 15) is 0 Å². The second-order valence-corrected chi connectivity index (χ2v) is 7.00. The van der Waals surface area contributed by atoms with Crippen molar-refractivity contribution < 1.29 is 0 Å². The van der Waals surface area contributed by atoms with Gasteiger partial charge in [0.1, 0.15) is 0 Å². The van der Waals surface area contributed by atoms with Crippen LogP contribution < -0.4 is 5.32 Å². The molecule has 0 aliphatic heterocycles. The van der Waals surface area contributed by atoms with E-state index in [4.69, 9.17) is 4.98 Å². The summed E-state index contributed by atoms with van der Waals surface area (Å²) in [5.74, 6) is 0.615. The van der Waals surface area contributed by atoms with E-state index in [1.54, 1.807) is 0 Å². The first kappa shape index (κ1) is 16.2. The lowest BCUT2D eigenvalue weighted by Gasteiger charge is -2.16. The minimum atomic E-state index is 0.615. The Labute approximate surface area is 132 Å². The molecular weight excluding hydrogens is 276 g/mol. The first-order chi connectivity index (χ1) is 10.2. The third-order valence-corrected chi connectivity index (χ3v) is 4.86. The minimum absolute atomic E-state index is 0.615. The lowest BCUT2D eigenvalue weighted by Crippen LogP contribution is -2.26. The maximum Gasteiger partial charge on any atom is 0.0934 e. The summed E-state index contributed by atoms with van der Waals surface area (Å²) in [6, 6.07) is 10.8. The van der Waals surface area contributed by atoms with E-state index >= 15 is 0 Å². The van der Waals surface area contributed by atoms with Crippen LogP contribution in [-0.4, -0.2) is 18.1 Å².